The van der Waals surface area contributed by atoms with Crippen LogP contribution in [0.4, 0.5) is 23.9 Å². The summed E-state index contributed by atoms with van der Waals surface area (Å²) in [6, 6.07) is 2.88. The van der Waals surface area contributed by atoms with E-state index < -0.39 is 17.7 Å². The molecule has 0 bridgehead atoms. The Hall–Kier alpha value is -1.84. The number of carbonyl (C=O) groups excluding carboxylic acids is 1. The summed E-state index contributed by atoms with van der Waals surface area (Å²) < 4.78 is 43.3. The van der Waals surface area contributed by atoms with Crippen LogP contribution in [0.25, 0.3) is 0 Å². The van der Waals surface area contributed by atoms with Crippen molar-refractivity contribution < 1.29 is 22.7 Å². The second-order valence-corrected chi connectivity index (χ2v) is 7.29. The highest BCUT2D eigenvalue weighted by atomic mass is 35.5. The summed E-state index contributed by atoms with van der Waals surface area (Å²) in [5.41, 5.74) is 0.215. The van der Waals surface area contributed by atoms with Gasteiger partial charge in [-0.2, -0.15) is 13.2 Å². The molecule has 2 aromatic rings. The minimum Gasteiger partial charge on any atom is -0.465 e. The molecule has 2 N–H and O–H groups in total. The second kappa shape index (κ2) is 7.81. The van der Waals surface area contributed by atoms with E-state index in [9.17, 15) is 18.0 Å². The minimum atomic E-state index is -4.50. The van der Waals surface area contributed by atoms with Crippen LogP contribution in [0.3, 0.4) is 0 Å². The van der Waals surface area contributed by atoms with Gasteiger partial charge in [0.1, 0.15) is 5.00 Å². The third-order valence-corrected chi connectivity index (χ3v) is 5.20. The molecule has 1 aromatic carbocycles. The van der Waals surface area contributed by atoms with Crippen molar-refractivity contribution >= 4 is 56.9 Å². The van der Waals surface area contributed by atoms with Gasteiger partial charge in [0.25, 0.3) is 0 Å². The molecule has 0 amide bonds. The first-order valence-corrected chi connectivity index (χ1v) is 8.78. The molecule has 140 valence electrons. The number of alkyl halides is 3. The highest BCUT2D eigenvalue weighted by molar-refractivity contribution is 7.80. The molecule has 0 aliphatic rings. The standard InChI is InChI=1S/C16H14ClF3N2O2S2/c1-7-8(2)26-13(12(7)14(23)24-3)22-15(25)21-11-6-9(16(18,19)20)4-5-10(11)17/h4-6H,1-3H3,(H2,21,22,25). The van der Waals surface area contributed by atoms with Crippen molar-refractivity contribution in [3.8, 4) is 0 Å². The number of thiophene rings is 1. The summed E-state index contributed by atoms with van der Waals surface area (Å²) in [6.07, 6.45) is -4.50. The molecule has 0 radical (unpaired) electrons. The smallest absolute Gasteiger partial charge is 0.416 e. The Morgan fingerprint density at radius 2 is 1.92 bits per heavy atom. The third kappa shape index (κ3) is 4.46. The molecule has 26 heavy (non-hydrogen) atoms. The fourth-order valence-corrected chi connectivity index (χ4v) is 3.61. The average Bonchev–Trinajstić information content (AvgIpc) is 2.81. The number of anilines is 2. The lowest BCUT2D eigenvalue weighted by Crippen LogP contribution is -2.20. The molecule has 0 spiro atoms. The molecular formula is C16H14ClF3N2O2S2. The van der Waals surface area contributed by atoms with E-state index in [2.05, 4.69) is 10.6 Å². The SMILES string of the molecule is COC(=O)c1c(NC(=S)Nc2cc(C(F)(F)F)ccc2Cl)sc(C)c1C. The van der Waals surface area contributed by atoms with Crippen LogP contribution in [0.2, 0.25) is 5.02 Å². The lowest BCUT2D eigenvalue weighted by molar-refractivity contribution is -0.137. The van der Waals surface area contributed by atoms with E-state index in [-0.39, 0.29) is 15.8 Å². The van der Waals surface area contributed by atoms with Crippen molar-refractivity contribution in [1.82, 2.24) is 0 Å². The predicted octanol–water partition coefficient (Wildman–Crippen LogP) is 5.63. The number of hydrogen-bond donors (Lipinski definition) is 2. The topological polar surface area (TPSA) is 50.4 Å². The molecule has 0 fully saturated rings. The number of thiocarbonyl (C=S) groups is 1. The maximum atomic E-state index is 12.8. The van der Waals surface area contributed by atoms with Gasteiger partial charge in [-0.25, -0.2) is 4.79 Å². The minimum absolute atomic E-state index is 0.00220. The molecule has 4 nitrogen and oxygen atoms in total. The molecular weight excluding hydrogens is 409 g/mol. The summed E-state index contributed by atoms with van der Waals surface area (Å²) >= 11 is 12.4. The molecule has 1 aromatic heterocycles. The lowest BCUT2D eigenvalue weighted by atomic mass is 10.1. The van der Waals surface area contributed by atoms with Gasteiger partial charge in [-0.15, -0.1) is 11.3 Å². The number of aryl methyl sites for hydroxylation is 1. The third-order valence-electron chi connectivity index (χ3n) is 3.54. The number of hydrogen-bond acceptors (Lipinski definition) is 4. The van der Waals surface area contributed by atoms with Crippen LogP contribution in [0.5, 0.6) is 0 Å². The Labute approximate surface area is 162 Å². The van der Waals surface area contributed by atoms with Crippen LogP contribution in [0, 0.1) is 13.8 Å². The van der Waals surface area contributed by atoms with Crippen LogP contribution in [-0.2, 0) is 10.9 Å². The molecule has 1 heterocycles. The Bertz CT molecular complexity index is 866. The molecule has 2 rings (SSSR count). The first-order chi connectivity index (χ1) is 12.0. The normalized spacial score (nSPS) is 11.2. The Kier molecular flexibility index (Phi) is 6.15. The highest BCUT2D eigenvalue weighted by Gasteiger charge is 2.31. The maximum Gasteiger partial charge on any atom is 0.416 e. The van der Waals surface area contributed by atoms with Crippen molar-refractivity contribution in [2.75, 3.05) is 17.7 Å². The van der Waals surface area contributed by atoms with E-state index in [1.807, 2.05) is 6.92 Å². The fourth-order valence-electron chi connectivity index (χ4n) is 2.12. The number of nitrogens with one attached hydrogen (secondary N) is 2. The number of esters is 1. The zero-order valence-corrected chi connectivity index (χ0v) is 16.3. The van der Waals surface area contributed by atoms with Gasteiger partial charge in [0.05, 0.1) is 28.9 Å². The number of carbonyl (C=O) groups is 1. The van der Waals surface area contributed by atoms with E-state index in [4.69, 9.17) is 28.6 Å². The molecule has 0 aliphatic carbocycles. The van der Waals surface area contributed by atoms with Gasteiger partial charge in [-0.1, -0.05) is 11.6 Å². The first-order valence-electron chi connectivity index (χ1n) is 7.17. The highest BCUT2D eigenvalue weighted by Crippen LogP contribution is 2.35. The largest absolute Gasteiger partial charge is 0.465 e. The van der Waals surface area contributed by atoms with Crippen LogP contribution in [0.15, 0.2) is 18.2 Å². The van der Waals surface area contributed by atoms with Crippen LogP contribution in [0.1, 0.15) is 26.4 Å². The van der Waals surface area contributed by atoms with E-state index in [1.165, 1.54) is 18.4 Å². The zero-order valence-electron chi connectivity index (χ0n) is 13.9. The molecule has 0 saturated heterocycles. The van der Waals surface area contributed by atoms with E-state index >= 15 is 0 Å². The van der Waals surface area contributed by atoms with Gasteiger partial charge in [-0.3, -0.25) is 0 Å². The zero-order chi connectivity index (χ0) is 19.6. The monoisotopic (exact) mass is 422 g/mol. The van der Waals surface area contributed by atoms with Crippen LogP contribution >= 0.6 is 35.2 Å². The van der Waals surface area contributed by atoms with Crippen molar-refractivity contribution in [2.24, 2.45) is 0 Å². The summed E-state index contributed by atoms with van der Waals surface area (Å²) in [6.45, 7) is 3.60. The summed E-state index contributed by atoms with van der Waals surface area (Å²) in [7, 11) is 1.26. The molecule has 0 aliphatic heterocycles. The van der Waals surface area contributed by atoms with E-state index in [1.54, 1.807) is 6.92 Å². The summed E-state index contributed by atoms with van der Waals surface area (Å²) in [5, 5.41) is 5.96. The fraction of sp³-hybridized carbons (Fsp3) is 0.250. The van der Waals surface area contributed by atoms with Gasteiger partial charge < -0.3 is 15.4 Å². The molecule has 0 atom stereocenters. The number of methoxy groups -OCH3 is 1. The second-order valence-electron chi connectivity index (χ2n) is 5.25. The van der Waals surface area contributed by atoms with Crippen LogP contribution < -0.4 is 10.6 Å². The van der Waals surface area contributed by atoms with Crippen molar-refractivity contribution in [1.29, 1.82) is 0 Å². The molecule has 0 unspecified atom stereocenters. The molecule has 10 heteroatoms. The van der Waals surface area contributed by atoms with Crippen molar-refractivity contribution in [3.63, 3.8) is 0 Å². The van der Waals surface area contributed by atoms with Crippen LogP contribution in [-0.4, -0.2) is 18.2 Å². The van der Waals surface area contributed by atoms with Gasteiger partial charge in [0.2, 0.25) is 0 Å². The Balaban J connectivity index is 2.25. The van der Waals surface area contributed by atoms with E-state index in [0.29, 0.717) is 10.6 Å². The number of benzene rings is 1. The number of ether oxygens (including phenoxy) is 1. The van der Waals surface area contributed by atoms with Gasteiger partial charge in [0, 0.05) is 4.88 Å². The quantitative estimate of drug-likeness (QED) is 0.495. The average molecular weight is 423 g/mol. The van der Waals surface area contributed by atoms with E-state index in [0.717, 1.165) is 28.6 Å². The van der Waals surface area contributed by atoms with Gasteiger partial charge >= 0.3 is 12.1 Å². The number of halogens is 4. The lowest BCUT2D eigenvalue weighted by Gasteiger charge is -2.14. The molecule has 0 saturated carbocycles. The number of rotatable bonds is 3. The summed E-state index contributed by atoms with van der Waals surface area (Å²) in [4.78, 5) is 12.8. The summed E-state index contributed by atoms with van der Waals surface area (Å²) in [5.74, 6) is -0.533. The predicted molar refractivity (Wildman–Crippen MR) is 101 cm³/mol. The maximum absolute atomic E-state index is 12.8. The Morgan fingerprint density at radius 3 is 2.50 bits per heavy atom. The van der Waals surface area contributed by atoms with Gasteiger partial charge in [-0.05, 0) is 49.8 Å². The first kappa shape index (κ1) is 20.5. The van der Waals surface area contributed by atoms with Crippen molar-refractivity contribution in [2.45, 2.75) is 20.0 Å². The van der Waals surface area contributed by atoms with Crippen molar-refractivity contribution in [3.05, 3.63) is 44.8 Å². The Morgan fingerprint density at radius 1 is 1.27 bits per heavy atom. The van der Waals surface area contributed by atoms with Gasteiger partial charge in [0.15, 0.2) is 5.11 Å².